The van der Waals surface area contributed by atoms with Gasteiger partial charge in [0.05, 0.1) is 0 Å². The first-order chi connectivity index (χ1) is 17.6. The predicted molar refractivity (Wildman–Crippen MR) is 163 cm³/mol. The Morgan fingerprint density at radius 2 is 1.03 bits per heavy atom. The largest absolute Gasteiger partial charge is 1.00 e. The molecule has 0 saturated heterocycles. The first kappa shape index (κ1) is 35.6. The molecule has 0 spiro atoms. The van der Waals surface area contributed by atoms with E-state index in [2.05, 4.69) is 146 Å². The number of hydrogen-bond acceptors (Lipinski definition) is 0. The van der Waals surface area contributed by atoms with E-state index in [1.54, 1.807) is 23.3 Å². The molecule has 4 heteroatoms. The van der Waals surface area contributed by atoms with Gasteiger partial charge in [0.2, 0.25) is 0 Å². The summed E-state index contributed by atoms with van der Waals surface area (Å²) in [6.07, 6.45) is 0. The predicted octanol–water partition coefficient (Wildman–Crippen LogP) is 4.49. The molecular weight excluding hydrogens is 611 g/mol. The molecule has 0 aliphatic heterocycles. The molecule has 5 aromatic rings. The molecule has 0 aromatic heterocycles. The van der Waals surface area contributed by atoms with Crippen molar-refractivity contribution in [2.45, 2.75) is 72.4 Å². The zero-order chi connectivity index (χ0) is 27.1. The molecule has 1 unspecified atom stereocenters. The maximum absolute atomic E-state index is 2.40. The van der Waals surface area contributed by atoms with Crippen molar-refractivity contribution in [1.29, 1.82) is 0 Å². The molecule has 0 radical (unpaired) electrons. The number of benzene rings is 3. The van der Waals surface area contributed by atoms with E-state index < -0.39 is 0 Å². The fourth-order valence-electron chi connectivity index (χ4n) is 4.82. The first-order valence-electron chi connectivity index (χ1n) is 13.5. The minimum absolute atomic E-state index is 0. The van der Waals surface area contributed by atoms with E-state index in [9.17, 15) is 0 Å². The smallest absolute Gasteiger partial charge is 0.0308 e. The molecule has 0 bridgehead atoms. The Bertz CT molecular complexity index is 1360. The second-order valence-corrected chi connectivity index (χ2v) is 18.9. The molecular formula is C35H42Cl2SiZr-2. The summed E-state index contributed by atoms with van der Waals surface area (Å²) >= 11 is 1.73. The van der Waals surface area contributed by atoms with E-state index in [-0.39, 0.29) is 30.2 Å². The normalized spacial score (nSPS) is 11.2. The van der Waals surface area contributed by atoms with Gasteiger partial charge in [0, 0.05) is 0 Å². The van der Waals surface area contributed by atoms with E-state index in [4.69, 9.17) is 0 Å². The maximum atomic E-state index is 2.40. The van der Waals surface area contributed by atoms with Gasteiger partial charge in [-0.2, -0.15) is 12.1 Å². The Morgan fingerprint density at radius 3 is 1.38 bits per heavy atom. The molecule has 0 fully saturated rings. The van der Waals surface area contributed by atoms with Gasteiger partial charge < -0.3 is 24.8 Å². The van der Waals surface area contributed by atoms with Crippen LogP contribution in [-0.2, 0) is 23.3 Å². The summed E-state index contributed by atoms with van der Waals surface area (Å²) in [5.74, 6) is 1.23. The number of rotatable bonds is 4. The van der Waals surface area contributed by atoms with E-state index in [0.29, 0.717) is 11.8 Å². The second-order valence-electron chi connectivity index (χ2n) is 10.9. The van der Waals surface area contributed by atoms with Gasteiger partial charge in [0.15, 0.2) is 0 Å². The van der Waals surface area contributed by atoms with Crippen LogP contribution < -0.4 is 24.8 Å². The van der Waals surface area contributed by atoms with Crippen LogP contribution in [0.3, 0.4) is 0 Å². The molecule has 39 heavy (non-hydrogen) atoms. The van der Waals surface area contributed by atoms with Crippen LogP contribution in [-0.4, -0.2) is 5.43 Å². The summed E-state index contributed by atoms with van der Waals surface area (Å²) in [7, 11) is 0. The zero-order valence-corrected chi connectivity index (χ0v) is 29.6. The van der Waals surface area contributed by atoms with Crippen LogP contribution in [0, 0.1) is 13.8 Å². The van der Waals surface area contributed by atoms with Crippen LogP contribution in [0.4, 0.5) is 0 Å². The first-order valence-corrected chi connectivity index (χ1v) is 19.3. The Hall–Kier alpha value is -1.44. The van der Waals surface area contributed by atoms with Crippen molar-refractivity contribution in [2.24, 2.45) is 0 Å². The Morgan fingerprint density at radius 1 is 0.615 bits per heavy atom. The Labute approximate surface area is 264 Å². The summed E-state index contributed by atoms with van der Waals surface area (Å²) in [5, 5.41) is 5.61. The summed E-state index contributed by atoms with van der Waals surface area (Å²) in [6, 6.07) is 33.0. The third-order valence-electron chi connectivity index (χ3n) is 7.05. The molecule has 0 heterocycles. The topological polar surface area (TPSA) is 0 Å². The van der Waals surface area contributed by atoms with Gasteiger partial charge in [-0.25, -0.2) is 0 Å². The summed E-state index contributed by atoms with van der Waals surface area (Å²) in [5.41, 5.74) is 7.91. The zero-order valence-electron chi connectivity index (χ0n) is 24.6. The standard InChI is InChI=1S/2C13H15.C9H12Si.2ClH.Zr/c2*1-9(2)12-6-4-5-11-7-10(3)8-13(11)12;1-8(10-2)9-6-4-3-5-7-9;;;/h2*4-9H,1-3H3;3-8H,1-2H3;2*1H;/q2*-1;;;;+2/p-2. The number of aryl methyl sites for hydroxylation is 2. The van der Waals surface area contributed by atoms with E-state index in [1.807, 2.05) is 0 Å². The molecule has 0 saturated carbocycles. The van der Waals surface area contributed by atoms with Crippen LogP contribution in [0.5, 0.6) is 0 Å². The average molecular weight is 653 g/mol. The van der Waals surface area contributed by atoms with Crippen molar-refractivity contribution in [3.05, 3.63) is 119 Å². The number of halogens is 2. The molecule has 0 aliphatic carbocycles. The van der Waals surface area contributed by atoms with Crippen LogP contribution >= 0.6 is 0 Å². The third-order valence-corrected chi connectivity index (χ3v) is 11.9. The summed E-state index contributed by atoms with van der Waals surface area (Å²) < 4.78 is 0. The molecule has 0 N–H and O–H groups in total. The number of hydrogen-bond donors (Lipinski definition) is 0. The molecule has 5 rings (SSSR count). The van der Waals surface area contributed by atoms with Gasteiger partial charge in [0.1, 0.15) is 0 Å². The minimum Gasteiger partial charge on any atom is -1.00 e. The monoisotopic (exact) mass is 650 g/mol. The Balaban J connectivity index is 0.000000287. The maximum Gasteiger partial charge on any atom is -0.0308 e. The van der Waals surface area contributed by atoms with Gasteiger partial charge >= 0.3 is 83.7 Å². The summed E-state index contributed by atoms with van der Waals surface area (Å²) in [6.45, 7) is 18.1. The van der Waals surface area contributed by atoms with Crippen molar-refractivity contribution in [3.8, 4) is 0 Å². The van der Waals surface area contributed by atoms with Gasteiger partial charge in [-0.3, -0.25) is 0 Å². The molecule has 0 nitrogen and oxygen atoms in total. The molecule has 206 valence electrons. The van der Waals surface area contributed by atoms with E-state index >= 15 is 0 Å². The fraction of sp³-hybridized carbons (Fsp3) is 0.314. The van der Waals surface area contributed by atoms with E-state index in [1.165, 1.54) is 49.4 Å². The molecule has 0 aliphatic rings. The van der Waals surface area contributed by atoms with Crippen molar-refractivity contribution in [3.63, 3.8) is 0 Å². The van der Waals surface area contributed by atoms with Crippen LogP contribution in [0.25, 0.3) is 21.5 Å². The van der Waals surface area contributed by atoms with Crippen molar-refractivity contribution >= 4 is 27.0 Å². The second kappa shape index (κ2) is 16.7. The van der Waals surface area contributed by atoms with Gasteiger partial charge in [-0.1, -0.05) is 64.8 Å². The minimum atomic E-state index is -0.0746. The molecule has 0 amide bonds. The van der Waals surface area contributed by atoms with Gasteiger partial charge in [-0.05, 0) is 11.8 Å². The third kappa shape index (κ3) is 9.86. The Kier molecular flexibility index (Phi) is 15.3. The number of fused-ring (bicyclic) bond motifs is 2. The quantitative estimate of drug-likeness (QED) is 0.199. The van der Waals surface area contributed by atoms with Crippen molar-refractivity contribution in [2.75, 3.05) is 0 Å². The van der Waals surface area contributed by atoms with Crippen LogP contribution in [0.2, 0.25) is 6.55 Å². The van der Waals surface area contributed by atoms with Crippen molar-refractivity contribution < 1.29 is 48.1 Å². The molecule has 5 aromatic carbocycles. The van der Waals surface area contributed by atoms with Crippen LogP contribution in [0.15, 0.2) is 91.0 Å². The molecule has 1 atom stereocenters. The van der Waals surface area contributed by atoms with E-state index in [0.717, 1.165) is 5.54 Å². The van der Waals surface area contributed by atoms with Gasteiger partial charge in [-0.15, -0.1) is 69.1 Å². The average Bonchev–Trinajstić information content (AvgIpc) is 3.44. The summed E-state index contributed by atoms with van der Waals surface area (Å²) in [4.78, 5) is 0. The van der Waals surface area contributed by atoms with Gasteiger partial charge in [0.25, 0.3) is 0 Å². The SMILES string of the molecule is CC(c1ccccc1)[Si](C)=[Zr+2].Cc1cc2c(C(C)C)cccc2[cH-]1.Cc1cc2c(C(C)C)cccc2[cH-]1.[Cl-].[Cl-]. The van der Waals surface area contributed by atoms with Crippen molar-refractivity contribution in [1.82, 2.24) is 0 Å². The fourth-order valence-corrected chi connectivity index (χ4v) is 6.74. The van der Waals surface area contributed by atoms with Crippen LogP contribution in [0.1, 0.15) is 79.8 Å².